The molecular weight excluding hydrogens is 180 g/mol. The summed E-state index contributed by atoms with van der Waals surface area (Å²) in [6, 6.07) is 8.88. The first kappa shape index (κ1) is 12.0. The molecule has 0 fully saturated rings. The van der Waals surface area contributed by atoms with Crippen LogP contribution in [0.5, 0.6) is 0 Å². The van der Waals surface area contributed by atoms with Crippen LogP contribution < -0.4 is 0 Å². The van der Waals surface area contributed by atoms with E-state index in [4.69, 9.17) is 0 Å². The van der Waals surface area contributed by atoms with E-state index in [1.54, 1.807) is 0 Å². The van der Waals surface area contributed by atoms with E-state index >= 15 is 0 Å². The van der Waals surface area contributed by atoms with Crippen LogP contribution in [0.1, 0.15) is 50.7 Å². The van der Waals surface area contributed by atoms with Crippen molar-refractivity contribution in [1.29, 1.82) is 0 Å². The second kappa shape index (κ2) is 6.44. The molecule has 1 rings (SSSR count). The van der Waals surface area contributed by atoms with Crippen molar-refractivity contribution in [3.05, 3.63) is 41.5 Å². The maximum Gasteiger partial charge on any atom is -0.0228 e. The highest BCUT2D eigenvalue weighted by Crippen LogP contribution is 2.21. The van der Waals surface area contributed by atoms with Gasteiger partial charge in [-0.25, -0.2) is 0 Å². The van der Waals surface area contributed by atoms with Gasteiger partial charge < -0.3 is 0 Å². The Morgan fingerprint density at radius 1 is 1.13 bits per heavy atom. The fraction of sp³-hybridized carbons (Fsp3) is 0.467. The average Bonchev–Trinajstić information content (AvgIpc) is 2.25. The summed E-state index contributed by atoms with van der Waals surface area (Å²) in [5, 5.41) is 0. The summed E-state index contributed by atoms with van der Waals surface area (Å²) in [6.07, 6.45) is 7.27. The Labute approximate surface area is 94.0 Å². The van der Waals surface area contributed by atoms with Crippen LogP contribution in [0, 0.1) is 6.92 Å². The predicted octanol–water partition coefficient (Wildman–Crippen LogP) is 4.98. The largest absolute Gasteiger partial charge is 0.0810 e. The first-order valence-corrected chi connectivity index (χ1v) is 6.04. The monoisotopic (exact) mass is 202 g/mol. The van der Waals surface area contributed by atoms with Crippen molar-refractivity contribution in [2.75, 3.05) is 0 Å². The molecule has 1 aromatic carbocycles. The lowest BCUT2D eigenvalue weighted by Gasteiger charge is -2.07. The lowest BCUT2D eigenvalue weighted by atomic mass is 9.98. The molecule has 0 N–H and O–H groups in total. The molecule has 0 bridgehead atoms. The minimum absolute atomic E-state index is 1.13. The Balaban J connectivity index is 2.79. The lowest BCUT2D eigenvalue weighted by molar-refractivity contribution is 0.822. The van der Waals surface area contributed by atoms with Gasteiger partial charge in [-0.15, -0.1) is 0 Å². The molecule has 0 aliphatic rings. The highest BCUT2D eigenvalue weighted by molar-refractivity contribution is 5.65. The first-order chi connectivity index (χ1) is 7.27. The van der Waals surface area contributed by atoms with Gasteiger partial charge in [-0.2, -0.15) is 0 Å². The van der Waals surface area contributed by atoms with Crippen molar-refractivity contribution in [3.8, 4) is 0 Å². The minimum Gasteiger partial charge on any atom is -0.0810 e. The van der Waals surface area contributed by atoms with E-state index in [2.05, 4.69) is 51.1 Å². The summed E-state index contributed by atoms with van der Waals surface area (Å²) in [4.78, 5) is 0. The van der Waals surface area contributed by atoms with E-state index < -0.39 is 0 Å². The third-order valence-corrected chi connectivity index (χ3v) is 2.67. The van der Waals surface area contributed by atoms with Crippen molar-refractivity contribution < 1.29 is 0 Å². The normalized spacial score (nSPS) is 11.8. The molecule has 0 atom stereocenters. The van der Waals surface area contributed by atoms with E-state index in [-0.39, 0.29) is 0 Å². The van der Waals surface area contributed by atoms with E-state index in [1.807, 2.05) is 0 Å². The third kappa shape index (κ3) is 3.91. The van der Waals surface area contributed by atoms with Crippen molar-refractivity contribution >= 4 is 5.57 Å². The van der Waals surface area contributed by atoms with Crippen LogP contribution in [0.2, 0.25) is 0 Å². The first-order valence-electron chi connectivity index (χ1n) is 6.04. The topological polar surface area (TPSA) is 0 Å². The summed E-state index contributed by atoms with van der Waals surface area (Å²) in [7, 11) is 0. The number of allylic oxidation sites excluding steroid dienone is 2. The summed E-state index contributed by atoms with van der Waals surface area (Å²) < 4.78 is 0. The molecule has 15 heavy (non-hydrogen) atoms. The summed E-state index contributed by atoms with van der Waals surface area (Å²) >= 11 is 0. The number of hydrogen-bond donors (Lipinski definition) is 0. The fourth-order valence-electron chi connectivity index (χ4n) is 1.75. The molecule has 0 nitrogen and oxygen atoms in total. The molecule has 0 heterocycles. The van der Waals surface area contributed by atoms with Gasteiger partial charge in [0.05, 0.1) is 0 Å². The highest BCUT2D eigenvalue weighted by atomic mass is 14.0. The number of aryl methyl sites for hydroxylation is 1. The number of rotatable bonds is 5. The Morgan fingerprint density at radius 3 is 2.33 bits per heavy atom. The van der Waals surface area contributed by atoms with Crippen molar-refractivity contribution in [1.82, 2.24) is 0 Å². The maximum absolute atomic E-state index is 2.36. The number of benzene rings is 1. The van der Waals surface area contributed by atoms with E-state index in [9.17, 15) is 0 Å². The molecule has 0 spiro atoms. The van der Waals surface area contributed by atoms with Gasteiger partial charge in [0, 0.05) is 0 Å². The van der Waals surface area contributed by atoms with Crippen LogP contribution in [0.3, 0.4) is 0 Å². The SMILES string of the molecule is CCC=C(CCCC)c1ccc(C)cc1. The van der Waals surface area contributed by atoms with Gasteiger partial charge in [-0.3, -0.25) is 0 Å². The highest BCUT2D eigenvalue weighted by Gasteiger charge is 1.99. The Bertz CT molecular complexity index is 303. The summed E-state index contributed by atoms with van der Waals surface area (Å²) in [6.45, 7) is 6.60. The Morgan fingerprint density at radius 2 is 1.80 bits per heavy atom. The molecule has 0 heteroatoms. The van der Waals surface area contributed by atoms with Crippen LogP contribution >= 0.6 is 0 Å². The standard InChI is InChI=1S/C15H22/c1-4-6-8-14(7-5-2)15-11-9-13(3)10-12-15/h7,9-12H,4-6,8H2,1-3H3. The molecule has 0 unspecified atom stereocenters. The molecule has 0 radical (unpaired) electrons. The van der Waals surface area contributed by atoms with Gasteiger partial charge in [0.1, 0.15) is 0 Å². The van der Waals surface area contributed by atoms with Crippen LogP contribution in [0.4, 0.5) is 0 Å². The molecular formula is C15H22. The van der Waals surface area contributed by atoms with Crippen LogP contribution in [0.25, 0.3) is 5.57 Å². The summed E-state index contributed by atoms with van der Waals surface area (Å²) in [5.74, 6) is 0. The quantitative estimate of drug-likeness (QED) is 0.631. The Hall–Kier alpha value is -1.04. The second-order valence-corrected chi connectivity index (χ2v) is 4.11. The fourth-order valence-corrected chi connectivity index (χ4v) is 1.75. The average molecular weight is 202 g/mol. The third-order valence-electron chi connectivity index (χ3n) is 2.67. The molecule has 0 saturated carbocycles. The van der Waals surface area contributed by atoms with E-state index in [0.29, 0.717) is 0 Å². The van der Waals surface area contributed by atoms with Crippen LogP contribution in [-0.4, -0.2) is 0 Å². The van der Waals surface area contributed by atoms with Gasteiger partial charge in [0.15, 0.2) is 0 Å². The molecule has 0 saturated heterocycles. The van der Waals surface area contributed by atoms with Crippen LogP contribution in [-0.2, 0) is 0 Å². The Kier molecular flexibility index (Phi) is 5.17. The van der Waals surface area contributed by atoms with Crippen molar-refractivity contribution in [3.63, 3.8) is 0 Å². The lowest BCUT2D eigenvalue weighted by Crippen LogP contribution is -1.86. The van der Waals surface area contributed by atoms with Gasteiger partial charge in [-0.1, -0.05) is 56.2 Å². The molecule has 82 valence electrons. The minimum atomic E-state index is 1.13. The predicted molar refractivity (Wildman–Crippen MR) is 69.0 cm³/mol. The van der Waals surface area contributed by atoms with Crippen molar-refractivity contribution in [2.24, 2.45) is 0 Å². The van der Waals surface area contributed by atoms with E-state index in [1.165, 1.54) is 36.0 Å². The second-order valence-electron chi connectivity index (χ2n) is 4.11. The van der Waals surface area contributed by atoms with Gasteiger partial charge in [0.25, 0.3) is 0 Å². The zero-order chi connectivity index (χ0) is 11.1. The van der Waals surface area contributed by atoms with Gasteiger partial charge in [-0.05, 0) is 37.3 Å². The summed E-state index contributed by atoms with van der Waals surface area (Å²) in [5.41, 5.74) is 4.25. The van der Waals surface area contributed by atoms with Gasteiger partial charge in [0.2, 0.25) is 0 Å². The molecule has 1 aromatic rings. The maximum atomic E-state index is 2.36. The molecule has 0 aromatic heterocycles. The van der Waals surface area contributed by atoms with Crippen LogP contribution in [0.15, 0.2) is 30.3 Å². The zero-order valence-corrected chi connectivity index (χ0v) is 10.2. The number of unbranched alkanes of at least 4 members (excludes halogenated alkanes) is 1. The molecule has 0 aliphatic carbocycles. The van der Waals surface area contributed by atoms with Gasteiger partial charge >= 0.3 is 0 Å². The molecule has 0 aliphatic heterocycles. The number of hydrogen-bond acceptors (Lipinski definition) is 0. The van der Waals surface area contributed by atoms with E-state index in [0.717, 1.165) is 6.42 Å². The molecule has 0 amide bonds. The zero-order valence-electron chi connectivity index (χ0n) is 10.2. The van der Waals surface area contributed by atoms with Crippen molar-refractivity contribution in [2.45, 2.75) is 46.5 Å². The smallest absolute Gasteiger partial charge is 0.0228 e.